The van der Waals surface area contributed by atoms with Gasteiger partial charge in [0.2, 0.25) is 10.0 Å². The van der Waals surface area contributed by atoms with Crippen molar-refractivity contribution in [3.8, 4) is 0 Å². The number of hydrogen-bond acceptors (Lipinski definition) is 4. The molecule has 1 heterocycles. The summed E-state index contributed by atoms with van der Waals surface area (Å²) < 4.78 is 33.7. The molecule has 6 nitrogen and oxygen atoms in total. The molecule has 0 radical (unpaired) electrons. The van der Waals surface area contributed by atoms with E-state index in [1.807, 2.05) is 20.8 Å². The Morgan fingerprint density at radius 3 is 2.67 bits per heavy atom. The lowest BCUT2D eigenvalue weighted by atomic mass is 10.2. The fourth-order valence-electron chi connectivity index (χ4n) is 2.34. The second-order valence-corrected chi connectivity index (χ2v) is 6.77. The van der Waals surface area contributed by atoms with Crippen molar-refractivity contribution in [3.63, 3.8) is 0 Å². The van der Waals surface area contributed by atoms with Crippen LogP contribution in [-0.4, -0.2) is 19.0 Å². The Bertz CT molecular complexity index is 789. The van der Waals surface area contributed by atoms with Crippen molar-refractivity contribution in [2.24, 2.45) is 0 Å². The van der Waals surface area contributed by atoms with Crippen LogP contribution < -0.4 is 10.5 Å². The summed E-state index contributed by atoms with van der Waals surface area (Å²) in [5, 5.41) is 0. The Morgan fingerprint density at radius 1 is 1.33 bits per heavy atom. The number of sulfonamides is 1. The Morgan fingerprint density at radius 2 is 2.05 bits per heavy atom. The van der Waals surface area contributed by atoms with Crippen molar-refractivity contribution in [2.75, 3.05) is 0 Å². The van der Waals surface area contributed by atoms with Crippen LogP contribution in [0.5, 0.6) is 0 Å². The van der Waals surface area contributed by atoms with Gasteiger partial charge in [0.05, 0.1) is 10.4 Å². The number of aromatic nitrogens is 1. The van der Waals surface area contributed by atoms with Crippen LogP contribution in [0, 0.1) is 0 Å². The molecule has 0 aliphatic heterocycles. The van der Waals surface area contributed by atoms with E-state index in [1.165, 1.54) is 16.7 Å². The maximum absolute atomic E-state index is 12.3. The van der Waals surface area contributed by atoms with Gasteiger partial charge in [-0.25, -0.2) is 17.9 Å². The molecule has 0 bridgehead atoms. The van der Waals surface area contributed by atoms with Gasteiger partial charge in [0.25, 0.3) is 0 Å². The van der Waals surface area contributed by atoms with Gasteiger partial charge >= 0.3 is 5.76 Å². The second-order valence-electron chi connectivity index (χ2n) is 5.05. The van der Waals surface area contributed by atoms with Gasteiger partial charge in [0.1, 0.15) is 0 Å². The number of benzene rings is 1. The highest BCUT2D eigenvalue weighted by Gasteiger charge is 2.19. The molecule has 2 rings (SSSR count). The molecule has 0 fully saturated rings. The standard InChI is InChI=1S/C14H20N2O4S/c1-4-6-10(3)15-21(18,19)11-7-8-12-13(9-11)20-14(17)16(12)5-2/h7-10,15H,4-6H2,1-3H3/t10-/m1/s1. The van der Waals surface area contributed by atoms with E-state index in [0.717, 1.165) is 12.8 Å². The third-order valence-electron chi connectivity index (χ3n) is 3.34. The molecule has 0 aliphatic rings. The second kappa shape index (κ2) is 6.03. The number of nitrogens with zero attached hydrogens (tertiary/aromatic N) is 1. The summed E-state index contributed by atoms with van der Waals surface area (Å²) in [7, 11) is -3.60. The molecular formula is C14H20N2O4S. The summed E-state index contributed by atoms with van der Waals surface area (Å²) in [5.41, 5.74) is 0.885. The summed E-state index contributed by atoms with van der Waals surface area (Å²) in [6, 6.07) is 4.35. The number of hydrogen-bond donors (Lipinski definition) is 1. The quantitative estimate of drug-likeness (QED) is 0.885. The van der Waals surface area contributed by atoms with Crippen LogP contribution in [0.15, 0.2) is 32.3 Å². The number of aryl methyl sites for hydroxylation is 1. The minimum atomic E-state index is -3.60. The molecule has 1 aromatic heterocycles. The van der Waals surface area contributed by atoms with Crippen molar-refractivity contribution >= 4 is 21.1 Å². The molecule has 2 aromatic rings. The summed E-state index contributed by atoms with van der Waals surface area (Å²) in [6.45, 7) is 6.13. The average molecular weight is 312 g/mol. The van der Waals surface area contributed by atoms with Crippen LogP contribution in [0.2, 0.25) is 0 Å². The number of rotatable bonds is 6. The first kappa shape index (κ1) is 15.8. The molecule has 0 saturated heterocycles. The Hall–Kier alpha value is -1.60. The molecule has 7 heteroatoms. The molecule has 1 atom stereocenters. The smallest absolute Gasteiger partial charge is 0.408 e. The third-order valence-corrected chi connectivity index (χ3v) is 4.93. The SMILES string of the molecule is CCC[C@@H](C)NS(=O)(=O)c1ccc2c(c1)oc(=O)n2CC. The molecular weight excluding hydrogens is 292 g/mol. The minimum absolute atomic E-state index is 0.106. The van der Waals surface area contributed by atoms with Gasteiger partial charge in [-0.3, -0.25) is 4.57 Å². The van der Waals surface area contributed by atoms with Gasteiger partial charge in [0, 0.05) is 18.7 Å². The Labute approximate surface area is 123 Å². The topological polar surface area (TPSA) is 81.3 Å². The average Bonchev–Trinajstić information content (AvgIpc) is 2.72. The Balaban J connectivity index is 2.41. The lowest BCUT2D eigenvalue weighted by molar-refractivity contribution is 0.512. The number of oxazole rings is 1. The van der Waals surface area contributed by atoms with Crippen molar-refractivity contribution in [2.45, 2.75) is 51.1 Å². The summed E-state index contributed by atoms with van der Waals surface area (Å²) in [4.78, 5) is 11.7. The number of nitrogens with one attached hydrogen (secondary N) is 1. The van der Waals surface area contributed by atoms with Gasteiger partial charge in [-0.2, -0.15) is 0 Å². The van der Waals surface area contributed by atoms with Crippen molar-refractivity contribution in [1.29, 1.82) is 0 Å². The lowest BCUT2D eigenvalue weighted by Crippen LogP contribution is -2.32. The zero-order valence-electron chi connectivity index (χ0n) is 12.4. The van der Waals surface area contributed by atoms with Crippen molar-refractivity contribution < 1.29 is 12.8 Å². The lowest BCUT2D eigenvalue weighted by Gasteiger charge is -2.13. The predicted octanol–water partition coefficient (Wildman–Crippen LogP) is 2.08. The first-order chi connectivity index (χ1) is 9.89. The van der Waals surface area contributed by atoms with Crippen LogP contribution in [0.25, 0.3) is 11.1 Å². The van der Waals surface area contributed by atoms with Gasteiger partial charge < -0.3 is 4.42 Å². The predicted molar refractivity (Wildman–Crippen MR) is 80.8 cm³/mol. The van der Waals surface area contributed by atoms with E-state index in [0.29, 0.717) is 12.1 Å². The van der Waals surface area contributed by atoms with Crippen LogP contribution in [0.1, 0.15) is 33.6 Å². The monoisotopic (exact) mass is 312 g/mol. The maximum atomic E-state index is 12.3. The molecule has 116 valence electrons. The van der Waals surface area contributed by atoms with E-state index in [2.05, 4.69) is 4.72 Å². The van der Waals surface area contributed by atoms with Gasteiger partial charge in [0.15, 0.2) is 5.58 Å². The summed E-state index contributed by atoms with van der Waals surface area (Å²) in [5.74, 6) is -0.477. The molecule has 0 saturated carbocycles. The van der Waals surface area contributed by atoms with Gasteiger partial charge in [-0.05, 0) is 32.4 Å². The summed E-state index contributed by atoms with van der Waals surface area (Å²) >= 11 is 0. The zero-order chi connectivity index (χ0) is 15.6. The fraction of sp³-hybridized carbons (Fsp3) is 0.500. The van der Waals surface area contributed by atoms with Crippen LogP contribution in [0.4, 0.5) is 0 Å². The maximum Gasteiger partial charge on any atom is 0.419 e. The zero-order valence-corrected chi connectivity index (χ0v) is 13.2. The van der Waals surface area contributed by atoms with E-state index < -0.39 is 15.8 Å². The fourth-order valence-corrected chi connectivity index (χ4v) is 3.63. The minimum Gasteiger partial charge on any atom is -0.408 e. The first-order valence-electron chi connectivity index (χ1n) is 7.04. The molecule has 1 aromatic carbocycles. The highest BCUT2D eigenvalue weighted by atomic mass is 32.2. The molecule has 21 heavy (non-hydrogen) atoms. The van der Waals surface area contributed by atoms with E-state index in [-0.39, 0.29) is 16.5 Å². The molecule has 1 N–H and O–H groups in total. The van der Waals surface area contributed by atoms with E-state index in [9.17, 15) is 13.2 Å². The highest BCUT2D eigenvalue weighted by Crippen LogP contribution is 2.19. The van der Waals surface area contributed by atoms with Gasteiger partial charge in [-0.1, -0.05) is 13.3 Å². The van der Waals surface area contributed by atoms with Crippen molar-refractivity contribution in [1.82, 2.24) is 9.29 Å². The largest absolute Gasteiger partial charge is 0.419 e. The van der Waals surface area contributed by atoms with E-state index in [1.54, 1.807) is 6.07 Å². The van der Waals surface area contributed by atoms with Crippen LogP contribution >= 0.6 is 0 Å². The van der Waals surface area contributed by atoms with Crippen LogP contribution in [-0.2, 0) is 16.6 Å². The van der Waals surface area contributed by atoms with E-state index in [4.69, 9.17) is 4.42 Å². The first-order valence-corrected chi connectivity index (χ1v) is 8.53. The molecule has 0 aliphatic carbocycles. The molecule has 0 spiro atoms. The van der Waals surface area contributed by atoms with E-state index >= 15 is 0 Å². The molecule has 0 amide bonds. The highest BCUT2D eigenvalue weighted by molar-refractivity contribution is 7.89. The van der Waals surface area contributed by atoms with Crippen molar-refractivity contribution in [3.05, 3.63) is 28.7 Å². The third kappa shape index (κ3) is 3.19. The Kier molecular flexibility index (Phi) is 4.53. The van der Waals surface area contributed by atoms with Crippen LogP contribution in [0.3, 0.4) is 0 Å². The number of fused-ring (bicyclic) bond motifs is 1. The molecule has 0 unspecified atom stereocenters. The normalized spacial score (nSPS) is 13.7. The van der Waals surface area contributed by atoms with Gasteiger partial charge in [-0.15, -0.1) is 0 Å². The summed E-state index contributed by atoms with van der Waals surface area (Å²) in [6.07, 6.45) is 1.67.